The van der Waals surface area contributed by atoms with Crippen LogP contribution in [0.4, 0.5) is 17.3 Å². The fourth-order valence-corrected chi connectivity index (χ4v) is 3.74. The standard InChI is InChI=1S/C18H20N6O3S/c25-24(26)15-5-6-16(23-8-10-27-11-9-23)22-17(15)19-7-12-28-18-20-13-3-1-2-4-14(13)21-18/h1-6H,7-12H2,(H,19,22)(H,20,21). The fraction of sp³-hybridized carbons (Fsp3) is 0.333. The summed E-state index contributed by atoms with van der Waals surface area (Å²) >= 11 is 1.56. The molecule has 1 aromatic carbocycles. The molecule has 0 atom stereocenters. The number of hydrogen-bond donors (Lipinski definition) is 2. The number of fused-ring (bicyclic) bond motifs is 1. The van der Waals surface area contributed by atoms with E-state index in [-0.39, 0.29) is 5.69 Å². The third-order valence-electron chi connectivity index (χ3n) is 4.39. The summed E-state index contributed by atoms with van der Waals surface area (Å²) in [7, 11) is 0. The van der Waals surface area contributed by atoms with Crippen molar-refractivity contribution in [3.8, 4) is 0 Å². The Kier molecular flexibility index (Phi) is 5.58. The topological polar surface area (TPSA) is 109 Å². The fourth-order valence-electron chi connectivity index (χ4n) is 3.00. The van der Waals surface area contributed by atoms with E-state index in [1.165, 1.54) is 6.07 Å². The number of H-pyrrole nitrogens is 1. The summed E-state index contributed by atoms with van der Waals surface area (Å²) in [6.07, 6.45) is 0. The van der Waals surface area contributed by atoms with Gasteiger partial charge in [0.1, 0.15) is 5.82 Å². The SMILES string of the molecule is O=[N+]([O-])c1ccc(N2CCOCC2)nc1NCCSc1nc2ccccc2[nH]1. The third kappa shape index (κ3) is 4.18. The van der Waals surface area contributed by atoms with Gasteiger partial charge in [0.25, 0.3) is 0 Å². The zero-order chi connectivity index (χ0) is 19.3. The molecule has 0 unspecified atom stereocenters. The molecule has 28 heavy (non-hydrogen) atoms. The number of nitro groups is 1. The molecule has 0 radical (unpaired) electrons. The van der Waals surface area contributed by atoms with Gasteiger partial charge in [-0.15, -0.1) is 0 Å². The minimum atomic E-state index is -0.412. The lowest BCUT2D eigenvalue weighted by atomic mass is 10.3. The van der Waals surface area contributed by atoms with Gasteiger partial charge >= 0.3 is 5.69 Å². The number of anilines is 2. The molecule has 4 rings (SSSR count). The van der Waals surface area contributed by atoms with Crippen molar-refractivity contribution in [1.29, 1.82) is 0 Å². The van der Waals surface area contributed by atoms with Crippen molar-refractivity contribution < 1.29 is 9.66 Å². The number of nitrogens with one attached hydrogen (secondary N) is 2. The summed E-state index contributed by atoms with van der Waals surface area (Å²) < 4.78 is 5.35. The monoisotopic (exact) mass is 400 g/mol. The van der Waals surface area contributed by atoms with Crippen molar-refractivity contribution in [3.63, 3.8) is 0 Å². The van der Waals surface area contributed by atoms with Gasteiger partial charge in [-0.05, 0) is 18.2 Å². The van der Waals surface area contributed by atoms with Crippen molar-refractivity contribution in [2.75, 3.05) is 48.8 Å². The second-order valence-corrected chi connectivity index (χ2v) is 7.31. The lowest BCUT2D eigenvalue weighted by molar-refractivity contribution is -0.384. The molecule has 3 heterocycles. The van der Waals surface area contributed by atoms with E-state index in [1.807, 2.05) is 24.3 Å². The van der Waals surface area contributed by atoms with Crippen LogP contribution in [0.2, 0.25) is 0 Å². The van der Waals surface area contributed by atoms with Gasteiger partial charge in [-0.2, -0.15) is 0 Å². The molecule has 1 aliphatic rings. The van der Waals surface area contributed by atoms with Crippen LogP contribution in [0.1, 0.15) is 0 Å². The Morgan fingerprint density at radius 2 is 2.04 bits per heavy atom. The molecule has 10 heteroatoms. The van der Waals surface area contributed by atoms with Crippen molar-refractivity contribution in [1.82, 2.24) is 15.0 Å². The second kappa shape index (κ2) is 8.44. The van der Waals surface area contributed by atoms with E-state index in [1.54, 1.807) is 17.8 Å². The number of morpholine rings is 1. The highest BCUT2D eigenvalue weighted by atomic mass is 32.2. The Hall–Kier alpha value is -2.85. The zero-order valence-corrected chi connectivity index (χ0v) is 15.9. The summed E-state index contributed by atoms with van der Waals surface area (Å²) in [5.41, 5.74) is 1.90. The van der Waals surface area contributed by atoms with Gasteiger partial charge in [-0.25, -0.2) is 9.97 Å². The second-order valence-electron chi connectivity index (χ2n) is 6.23. The summed E-state index contributed by atoms with van der Waals surface area (Å²) in [4.78, 5) is 25.2. The normalized spacial score (nSPS) is 14.4. The smallest absolute Gasteiger partial charge is 0.311 e. The minimum Gasteiger partial charge on any atom is -0.378 e. The molecule has 0 amide bonds. The van der Waals surface area contributed by atoms with Gasteiger partial charge in [0.2, 0.25) is 5.82 Å². The largest absolute Gasteiger partial charge is 0.378 e. The lowest BCUT2D eigenvalue weighted by Gasteiger charge is -2.28. The van der Waals surface area contributed by atoms with E-state index >= 15 is 0 Å². The van der Waals surface area contributed by atoms with Gasteiger partial charge < -0.3 is 19.9 Å². The molecule has 2 aromatic heterocycles. The van der Waals surface area contributed by atoms with Gasteiger partial charge in [0.15, 0.2) is 5.16 Å². The molecule has 0 aliphatic carbocycles. The van der Waals surface area contributed by atoms with Crippen molar-refractivity contribution in [3.05, 3.63) is 46.5 Å². The first-order valence-corrected chi connectivity index (χ1v) is 9.99. The molecule has 9 nitrogen and oxygen atoms in total. The zero-order valence-electron chi connectivity index (χ0n) is 15.1. The quantitative estimate of drug-likeness (QED) is 0.270. The van der Waals surface area contributed by atoms with Crippen LogP contribution in [0.5, 0.6) is 0 Å². The Morgan fingerprint density at radius 1 is 1.21 bits per heavy atom. The Morgan fingerprint density at radius 3 is 2.82 bits per heavy atom. The molecule has 1 saturated heterocycles. The molecule has 3 aromatic rings. The Labute approximate surface area is 165 Å². The summed E-state index contributed by atoms with van der Waals surface area (Å²) in [5, 5.41) is 15.3. The van der Waals surface area contributed by atoms with E-state index in [0.717, 1.165) is 35.1 Å². The van der Waals surface area contributed by atoms with E-state index in [9.17, 15) is 10.1 Å². The number of aromatic nitrogens is 3. The highest BCUT2D eigenvalue weighted by Crippen LogP contribution is 2.26. The number of rotatable bonds is 7. The van der Waals surface area contributed by atoms with Gasteiger partial charge in [-0.1, -0.05) is 23.9 Å². The molecule has 0 bridgehead atoms. The van der Waals surface area contributed by atoms with Gasteiger partial charge in [0, 0.05) is 31.5 Å². The van der Waals surface area contributed by atoms with E-state index in [4.69, 9.17) is 4.74 Å². The molecule has 0 saturated carbocycles. The number of aromatic amines is 1. The molecule has 2 N–H and O–H groups in total. The van der Waals surface area contributed by atoms with Crippen molar-refractivity contribution in [2.24, 2.45) is 0 Å². The molecule has 1 fully saturated rings. The first kappa shape index (κ1) is 18.5. The van der Waals surface area contributed by atoms with Crippen LogP contribution >= 0.6 is 11.8 Å². The third-order valence-corrected chi connectivity index (χ3v) is 5.27. The highest BCUT2D eigenvalue weighted by molar-refractivity contribution is 7.99. The van der Waals surface area contributed by atoms with Crippen LogP contribution in [-0.4, -0.2) is 58.5 Å². The first-order chi connectivity index (χ1) is 13.7. The number of nitrogens with zero attached hydrogens (tertiary/aromatic N) is 4. The predicted octanol–water partition coefficient (Wildman–Crippen LogP) is 2.91. The molecule has 146 valence electrons. The highest BCUT2D eigenvalue weighted by Gasteiger charge is 2.19. The Bertz CT molecular complexity index is 940. The molecular weight excluding hydrogens is 380 g/mol. The van der Waals surface area contributed by atoms with Crippen LogP contribution in [0.3, 0.4) is 0 Å². The molecule has 1 aliphatic heterocycles. The minimum absolute atomic E-state index is 0.0225. The van der Waals surface area contributed by atoms with Gasteiger partial charge in [-0.3, -0.25) is 10.1 Å². The first-order valence-electron chi connectivity index (χ1n) is 9.00. The van der Waals surface area contributed by atoms with Crippen molar-refractivity contribution >= 4 is 40.1 Å². The number of benzene rings is 1. The summed E-state index contributed by atoms with van der Waals surface area (Å²) in [5.74, 6) is 1.71. The van der Waals surface area contributed by atoms with Crippen LogP contribution in [-0.2, 0) is 4.74 Å². The summed E-state index contributed by atoms with van der Waals surface area (Å²) in [6.45, 7) is 3.26. The van der Waals surface area contributed by atoms with Crippen LogP contribution in [0.25, 0.3) is 11.0 Å². The van der Waals surface area contributed by atoms with Crippen molar-refractivity contribution in [2.45, 2.75) is 5.16 Å². The molecule has 0 spiro atoms. The number of pyridine rings is 1. The average molecular weight is 400 g/mol. The number of ether oxygens (including phenoxy) is 1. The Balaban J connectivity index is 1.40. The maximum Gasteiger partial charge on any atom is 0.311 e. The predicted molar refractivity (Wildman–Crippen MR) is 109 cm³/mol. The number of hydrogen-bond acceptors (Lipinski definition) is 8. The average Bonchev–Trinajstić information content (AvgIpc) is 3.14. The number of imidazole rings is 1. The number of para-hydroxylation sites is 2. The van der Waals surface area contributed by atoms with E-state index in [0.29, 0.717) is 31.3 Å². The lowest BCUT2D eigenvalue weighted by Crippen LogP contribution is -2.36. The summed E-state index contributed by atoms with van der Waals surface area (Å²) in [6, 6.07) is 11.0. The maximum absolute atomic E-state index is 11.3. The molecular formula is C18H20N6O3S. The van der Waals surface area contributed by atoms with Crippen LogP contribution < -0.4 is 10.2 Å². The van der Waals surface area contributed by atoms with E-state index in [2.05, 4.69) is 25.2 Å². The van der Waals surface area contributed by atoms with Gasteiger partial charge in [0.05, 0.1) is 29.2 Å². The maximum atomic E-state index is 11.3. The van der Waals surface area contributed by atoms with Crippen LogP contribution in [0.15, 0.2) is 41.6 Å². The van der Waals surface area contributed by atoms with E-state index < -0.39 is 4.92 Å². The number of thioether (sulfide) groups is 1. The van der Waals surface area contributed by atoms with Crippen LogP contribution in [0, 0.1) is 10.1 Å².